The van der Waals surface area contributed by atoms with E-state index in [1.807, 2.05) is 0 Å². The highest BCUT2D eigenvalue weighted by Crippen LogP contribution is 2.50. The van der Waals surface area contributed by atoms with Gasteiger partial charge in [-0.1, -0.05) is 36.4 Å². The first-order valence-corrected chi connectivity index (χ1v) is 10.1. The number of benzene rings is 2. The Morgan fingerprint density at radius 1 is 0.781 bits per heavy atom. The van der Waals surface area contributed by atoms with Crippen LogP contribution in [-0.4, -0.2) is 16.8 Å². The molecule has 2 fully saturated rings. The van der Waals surface area contributed by atoms with Crippen molar-refractivity contribution in [3.63, 3.8) is 0 Å². The van der Waals surface area contributed by atoms with Crippen LogP contribution in [0.15, 0.2) is 79.0 Å². The predicted molar refractivity (Wildman–Crippen MR) is 110 cm³/mol. The Kier molecular flexibility index (Phi) is 4.82. The summed E-state index contributed by atoms with van der Waals surface area (Å²) in [5.41, 5.74) is 0.829. The van der Waals surface area contributed by atoms with Gasteiger partial charge in [0, 0.05) is 12.2 Å². The van der Waals surface area contributed by atoms with Gasteiger partial charge in [0.1, 0.15) is 0 Å². The summed E-state index contributed by atoms with van der Waals surface area (Å²) in [7, 11) is 0. The summed E-state index contributed by atoms with van der Waals surface area (Å²) < 4.78 is 39.1. The van der Waals surface area contributed by atoms with E-state index in [-0.39, 0.29) is 11.8 Å². The summed E-state index contributed by atoms with van der Waals surface area (Å²) in [6.45, 7) is 0. The number of carbonyl (C=O) groups is 2. The van der Waals surface area contributed by atoms with E-state index < -0.39 is 35.7 Å². The molecular formula is C24H18F3N3O2. The van der Waals surface area contributed by atoms with Gasteiger partial charge < -0.3 is 5.32 Å². The van der Waals surface area contributed by atoms with Crippen molar-refractivity contribution in [1.29, 1.82) is 0 Å². The van der Waals surface area contributed by atoms with Crippen molar-refractivity contribution in [3.05, 3.63) is 95.8 Å². The first kappa shape index (κ1) is 20.4. The number of imide groups is 1. The quantitative estimate of drug-likeness (QED) is 0.621. The van der Waals surface area contributed by atoms with Crippen LogP contribution in [0, 0.1) is 11.8 Å². The fourth-order valence-electron chi connectivity index (χ4n) is 4.66. The molecule has 0 unspecified atom stereocenters. The molecule has 0 aliphatic carbocycles. The topological polar surface area (TPSA) is 62.3 Å². The average Bonchev–Trinajstić information content (AvgIpc) is 3.31. The van der Waals surface area contributed by atoms with E-state index >= 15 is 0 Å². The van der Waals surface area contributed by atoms with Crippen LogP contribution in [0.5, 0.6) is 0 Å². The number of aromatic nitrogens is 1. The number of para-hydroxylation sites is 1. The highest BCUT2D eigenvalue weighted by molar-refractivity contribution is 6.22. The first-order chi connectivity index (χ1) is 15.4. The normalized spacial score (nSPS) is 25.3. The average molecular weight is 437 g/mol. The molecule has 5 nitrogen and oxygen atoms in total. The molecule has 2 aromatic carbocycles. The lowest BCUT2D eigenvalue weighted by Gasteiger charge is -2.23. The van der Waals surface area contributed by atoms with Gasteiger partial charge in [-0.15, -0.1) is 0 Å². The monoisotopic (exact) mass is 437 g/mol. The van der Waals surface area contributed by atoms with Crippen LogP contribution in [0.1, 0.15) is 28.9 Å². The van der Waals surface area contributed by atoms with Gasteiger partial charge in [-0.25, -0.2) is 4.90 Å². The maximum atomic E-state index is 13.4. The van der Waals surface area contributed by atoms with Gasteiger partial charge in [0.15, 0.2) is 0 Å². The van der Waals surface area contributed by atoms with E-state index in [2.05, 4.69) is 10.3 Å². The zero-order chi connectivity index (χ0) is 22.5. The third-order valence-electron chi connectivity index (χ3n) is 6.09. The highest BCUT2D eigenvalue weighted by Gasteiger charge is 2.60. The number of amides is 2. The minimum atomic E-state index is -4.45. The number of hydrogen-bond acceptors (Lipinski definition) is 4. The second-order valence-electron chi connectivity index (χ2n) is 7.90. The lowest BCUT2D eigenvalue weighted by molar-refractivity contribution is -0.137. The van der Waals surface area contributed by atoms with Gasteiger partial charge in [0.2, 0.25) is 11.8 Å². The van der Waals surface area contributed by atoms with E-state index in [4.69, 9.17) is 0 Å². The number of nitrogens with one attached hydrogen (secondary N) is 1. The van der Waals surface area contributed by atoms with Gasteiger partial charge in [0.05, 0.1) is 34.8 Å². The number of pyridine rings is 1. The molecule has 2 aliphatic rings. The smallest absolute Gasteiger partial charge is 0.300 e. The zero-order valence-corrected chi connectivity index (χ0v) is 16.7. The summed E-state index contributed by atoms with van der Waals surface area (Å²) >= 11 is 0. The Hall–Kier alpha value is -3.52. The summed E-state index contributed by atoms with van der Waals surface area (Å²) in [4.78, 5) is 32.4. The summed E-state index contributed by atoms with van der Waals surface area (Å²) in [5.74, 6) is -2.19. The Morgan fingerprint density at radius 2 is 1.41 bits per heavy atom. The summed E-state index contributed by atoms with van der Waals surface area (Å²) in [5, 5.41) is 3.30. The number of nitrogens with zero attached hydrogens (tertiary/aromatic N) is 2. The second kappa shape index (κ2) is 7.56. The number of hydrogen-bond donors (Lipinski definition) is 1. The second-order valence-corrected chi connectivity index (χ2v) is 7.90. The Bertz CT molecular complexity index is 1150. The zero-order valence-electron chi connectivity index (χ0n) is 16.7. The van der Waals surface area contributed by atoms with Crippen LogP contribution >= 0.6 is 0 Å². The molecule has 2 amide bonds. The lowest BCUT2D eigenvalue weighted by atomic mass is 9.85. The van der Waals surface area contributed by atoms with Crippen molar-refractivity contribution >= 4 is 17.5 Å². The van der Waals surface area contributed by atoms with Gasteiger partial charge in [-0.3, -0.25) is 14.6 Å². The molecule has 162 valence electrons. The molecule has 0 saturated carbocycles. The van der Waals surface area contributed by atoms with Crippen LogP contribution in [0.2, 0.25) is 0 Å². The minimum Gasteiger partial charge on any atom is -0.300 e. The van der Waals surface area contributed by atoms with Crippen molar-refractivity contribution in [2.75, 3.05) is 4.90 Å². The highest BCUT2D eigenvalue weighted by atomic mass is 19.4. The molecule has 3 heterocycles. The maximum absolute atomic E-state index is 13.4. The molecule has 0 spiro atoms. The van der Waals surface area contributed by atoms with Crippen molar-refractivity contribution in [2.24, 2.45) is 11.8 Å². The van der Waals surface area contributed by atoms with E-state index in [1.54, 1.807) is 54.7 Å². The molecule has 5 rings (SSSR count). The van der Waals surface area contributed by atoms with E-state index in [1.165, 1.54) is 17.0 Å². The molecule has 32 heavy (non-hydrogen) atoms. The van der Waals surface area contributed by atoms with E-state index in [0.717, 1.165) is 12.1 Å². The van der Waals surface area contributed by atoms with E-state index in [9.17, 15) is 22.8 Å². The van der Waals surface area contributed by atoms with Crippen LogP contribution in [0.4, 0.5) is 18.9 Å². The number of rotatable bonds is 3. The first-order valence-electron chi connectivity index (χ1n) is 10.1. The molecular weight excluding hydrogens is 419 g/mol. The van der Waals surface area contributed by atoms with Crippen molar-refractivity contribution < 1.29 is 22.8 Å². The molecule has 2 saturated heterocycles. The van der Waals surface area contributed by atoms with Crippen LogP contribution in [-0.2, 0) is 15.8 Å². The molecule has 1 N–H and O–H groups in total. The fourth-order valence-corrected chi connectivity index (χ4v) is 4.66. The van der Waals surface area contributed by atoms with Crippen LogP contribution in [0.25, 0.3) is 0 Å². The largest absolute Gasteiger partial charge is 0.416 e. The molecule has 2 aliphatic heterocycles. The van der Waals surface area contributed by atoms with Crippen molar-refractivity contribution in [2.45, 2.75) is 18.3 Å². The van der Waals surface area contributed by atoms with Gasteiger partial charge in [-0.05, 0) is 42.0 Å². The van der Waals surface area contributed by atoms with Gasteiger partial charge in [0.25, 0.3) is 0 Å². The van der Waals surface area contributed by atoms with Crippen molar-refractivity contribution in [3.8, 4) is 0 Å². The van der Waals surface area contributed by atoms with E-state index in [0.29, 0.717) is 16.9 Å². The number of alkyl halides is 3. The molecule has 1 aromatic heterocycles. The standard InChI is InChI=1S/C24H18F3N3O2/c25-24(26,27)15-11-9-14(10-12-15)20-18-19(21(29-20)17-8-4-5-13-28-17)23(32)30(22(18)31)16-6-2-1-3-7-16/h1-13,18-21,29H/t18-,19+,20+,21-/m1/s1. The van der Waals surface area contributed by atoms with Crippen LogP contribution in [0.3, 0.4) is 0 Å². The molecule has 0 bridgehead atoms. The SMILES string of the molecule is O=C1[C@@H]2[C@H](C(=O)N1c1ccccc1)[C@@H](c1ccccn1)N[C@H]2c1ccc(C(F)(F)F)cc1. The lowest BCUT2D eigenvalue weighted by Crippen LogP contribution is -2.36. The fraction of sp³-hybridized carbons (Fsp3) is 0.208. The number of carbonyl (C=O) groups excluding carboxylic acids is 2. The third kappa shape index (κ3) is 3.27. The molecule has 0 radical (unpaired) electrons. The Balaban J connectivity index is 1.57. The Labute approximate surface area is 181 Å². The molecule has 4 atom stereocenters. The molecule has 3 aromatic rings. The number of fused-ring (bicyclic) bond motifs is 1. The molecule has 8 heteroatoms. The number of halogens is 3. The summed E-state index contributed by atoms with van der Waals surface area (Å²) in [6, 6.07) is 17.5. The predicted octanol–water partition coefficient (Wildman–Crippen LogP) is 4.29. The maximum Gasteiger partial charge on any atom is 0.416 e. The van der Waals surface area contributed by atoms with Gasteiger partial charge >= 0.3 is 6.18 Å². The van der Waals surface area contributed by atoms with Crippen molar-refractivity contribution in [1.82, 2.24) is 10.3 Å². The van der Waals surface area contributed by atoms with Crippen LogP contribution < -0.4 is 10.2 Å². The Morgan fingerprint density at radius 3 is 2.00 bits per heavy atom. The third-order valence-corrected chi connectivity index (χ3v) is 6.09. The minimum absolute atomic E-state index is 0.344. The number of anilines is 1. The summed E-state index contributed by atoms with van der Waals surface area (Å²) in [6.07, 6.45) is -2.85. The van der Waals surface area contributed by atoms with Gasteiger partial charge in [-0.2, -0.15) is 13.2 Å².